The van der Waals surface area contributed by atoms with Gasteiger partial charge in [-0.3, -0.25) is 9.88 Å². The van der Waals surface area contributed by atoms with E-state index in [9.17, 15) is 14.0 Å². The Morgan fingerprint density at radius 3 is 2.70 bits per heavy atom. The van der Waals surface area contributed by atoms with Gasteiger partial charge < -0.3 is 34.1 Å². The lowest BCUT2D eigenvalue weighted by atomic mass is 9.90. The van der Waals surface area contributed by atoms with Crippen LogP contribution in [0.5, 0.6) is 11.8 Å². The molecule has 320 valence electrons. The highest BCUT2D eigenvalue weighted by molar-refractivity contribution is 6.02. The number of nitrogens with zero attached hydrogens (tertiary/aromatic N) is 6. The average Bonchev–Trinajstić information content (AvgIpc) is 3.87. The third kappa shape index (κ3) is 7.49. The summed E-state index contributed by atoms with van der Waals surface area (Å²) in [4.78, 5) is 45.2. The molecule has 0 radical (unpaired) electrons. The molecule has 1 N–H and O–H groups in total. The average molecular weight is 840 g/mol. The summed E-state index contributed by atoms with van der Waals surface area (Å²) in [5.74, 6) is -1.49. The smallest absolute Gasteiger partial charge is 0.415 e. The molecule has 0 spiro atoms. The maximum atomic E-state index is 17.6. The van der Waals surface area contributed by atoms with Gasteiger partial charge in [-0.1, -0.05) is 6.07 Å². The minimum Gasteiger partial charge on any atom is -0.461 e. The number of carbonyl (C=O) groups excluding carboxylic acids is 2. The van der Waals surface area contributed by atoms with Crippen LogP contribution in [0.25, 0.3) is 32.9 Å². The molecular weight excluding hydrogens is 793 g/mol. The molecule has 4 aromatic rings. The number of methoxy groups -OCH3 is 1. The molecule has 18 heteroatoms. The molecule has 0 saturated carbocycles. The van der Waals surface area contributed by atoms with Gasteiger partial charge >= 0.3 is 18.2 Å². The van der Waals surface area contributed by atoms with E-state index in [-0.39, 0.29) is 135 Å². The number of piperidine rings is 1. The van der Waals surface area contributed by atoms with Crippen molar-refractivity contribution in [2.24, 2.45) is 0 Å². The maximum absolute atomic E-state index is 17.6. The summed E-state index contributed by atoms with van der Waals surface area (Å²) in [6, 6.07) is 5.35. The predicted octanol–water partition coefficient (Wildman–Crippen LogP) is 6.62. The molecule has 60 heavy (non-hydrogen) atoms. The summed E-state index contributed by atoms with van der Waals surface area (Å²) in [7, 11) is 1.38. The monoisotopic (exact) mass is 839 g/mol. The summed E-state index contributed by atoms with van der Waals surface area (Å²) in [6.45, 7) is 2.10. The van der Waals surface area contributed by atoms with Gasteiger partial charge in [0.2, 0.25) is 0 Å². The first-order chi connectivity index (χ1) is 28.7. The second-order valence-electron chi connectivity index (χ2n) is 17.2. The SMILES string of the molecule is COCC1(F)CCN(C(=O)Oc2cc3c4c(c(F)ccc4c2)CCCOC(=O)N[C@]2(C)C[C@@H](F)CN(C2)c2nc(OC[C@@]45CCCN4C[C@H](F)C5)nc4c(F)c-3ncc24)C1. The van der Waals surface area contributed by atoms with E-state index in [4.69, 9.17) is 18.9 Å². The van der Waals surface area contributed by atoms with Gasteiger partial charge in [0, 0.05) is 57.8 Å². The molecule has 6 aliphatic rings. The number of pyridine rings is 1. The molecule has 13 nitrogen and oxygen atoms in total. The zero-order valence-electron chi connectivity index (χ0n) is 33.4. The summed E-state index contributed by atoms with van der Waals surface area (Å²) >= 11 is 0. The number of nitrogens with one attached hydrogen (secondary N) is 1. The number of hydrogen-bond donors (Lipinski definition) is 1. The maximum Gasteiger partial charge on any atom is 0.415 e. The van der Waals surface area contributed by atoms with Crippen LogP contribution < -0.4 is 19.7 Å². The van der Waals surface area contributed by atoms with Crippen molar-refractivity contribution in [3.8, 4) is 23.0 Å². The number of halogens is 5. The summed E-state index contributed by atoms with van der Waals surface area (Å²) < 4.78 is 102. The van der Waals surface area contributed by atoms with Crippen molar-refractivity contribution in [3.05, 3.63) is 47.7 Å². The Kier molecular flexibility index (Phi) is 10.4. The van der Waals surface area contributed by atoms with Crippen LogP contribution in [0, 0.1) is 11.6 Å². The molecule has 4 saturated heterocycles. The fourth-order valence-electron chi connectivity index (χ4n) is 9.97. The lowest BCUT2D eigenvalue weighted by Crippen LogP contribution is -2.60. The fraction of sp³-hybridized carbons (Fsp3) is 0.548. The Bertz CT molecular complexity index is 2360. The van der Waals surface area contributed by atoms with E-state index in [0.717, 1.165) is 6.42 Å². The van der Waals surface area contributed by atoms with E-state index in [1.54, 1.807) is 11.8 Å². The Morgan fingerprint density at radius 1 is 1.03 bits per heavy atom. The van der Waals surface area contributed by atoms with Crippen molar-refractivity contribution in [2.75, 3.05) is 71.1 Å². The second kappa shape index (κ2) is 15.4. The number of likely N-dealkylation sites (tertiary alicyclic amines) is 1. The van der Waals surface area contributed by atoms with Crippen molar-refractivity contribution in [1.29, 1.82) is 0 Å². The van der Waals surface area contributed by atoms with Crippen LogP contribution in [0.4, 0.5) is 37.4 Å². The first-order valence-corrected chi connectivity index (χ1v) is 20.4. The van der Waals surface area contributed by atoms with Crippen LogP contribution in [-0.4, -0.2) is 132 Å². The van der Waals surface area contributed by atoms with E-state index < -0.39 is 52.9 Å². The van der Waals surface area contributed by atoms with Gasteiger partial charge in [0.15, 0.2) is 11.5 Å². The largest absolute Gasteiger partial charge is 0.461 e. The van der Waals surface area contributed by atoms with Crippen molar-refractivity contribution in [2.45, 2.75) is 81.0 Å². The van der Waals surface area contributed by atoms with Gasteiger partial charge in [0.1, 0.15) is 47.5 Å². The number of benzene rings is 2. The number of rotatable bonds is 6. The van der Waals surface area contributed by atoms with Crippen LogP contribution in [0.3, 0.4) is 0 Å². The van der Waals surface area contributed by atoms with E-state index >= 15 is 17.6 Å². The molecule has 8 heterocycles. The van der Waals surface area contributed by atoms with Gasteiger partial charge in [0.05, 0.1) is 42.8 Å². The molecule has 6 bridgehead atoms. The Hall–Kier alpha value is -5.10. The molecular formula is C42H46F5N7O6. The molecule has 2 aromatic carbocycles. The van der Waals surface area contributed by atoms with Crippen LogP contribution in [0.15, 0.2) is 30.5 Å². The van der Waals surface area contributed by atoms with Gasteiger partial charge in [0.25, 0.3) is 0 Å². The predicted molar refractivity (Wildman–Crippen MR) is 210 cm³/mol. The number of alkyl halides is 3. The summed E-state index contributed by atoms with van der Waals surface area (Å²) in [5.41, 5.74) is -3.77. The van der Waals surface area contributed by atoms with Gasteiger partial charge in [-0.05, 0) is 73.7 Å². The normalized spacial score (nSPS) is 28.3. The van der Waals surface area contributed by atoms with Crippen molar-refractivity contribution in [1.82, 2.24) is 30.1 Å². The zero-order chi connectivity index (χ0) is 42.0. The van der Waals surface area contributed by atoms with Crippen molar-refractivity contribution < 1.29 is 50.5 Å². The lowest BCUT2D eigenvalue weighted by Gasteiger charge is -2.42. The summed E-state index contributed by atoms with van der Waals surface area (Å²) in [5, 5.41) is 3.54. The van der Waals surface area contributed by atoms with Crippen molar-refractivity contribution >= 4 is 39.7 Å². The van der Waals surface area contributed by atoms with Crippen LogP contribution in [-0.2, 0) is 15.9 Å². The van der Waals surface area contributed by atoms with Crippen LogP contribution in [0.2, 0.25) is 0 Å². The number of alkyl carbamates (subject to hydrolysis) is 1. The Balaban J connectivity index is 1.19. The highest BCUT2D eigenvalue weighted by Crippen LogP contribution is 2.43. The molecule has 1 unspecified atom stereocenters. The van der Waals surface area contributed by atoms with E-state index in [2.05, 4.69) is 25.2 Å². The molecule has 6 aliphatic heterocycles. The van der Waals surface area contributed by atoms with Gasteiger partial charge in [-0.15, -0.1) is 0 Å². The Labute approximate surface area is 342 Å². The van der Waals surface area contributed by atoms with Gasteiger partial charge in [-0.2, -0.15) is 9.97 Å². The topological polar surface area (TPSA) is 131 Å². The summed E-state index contributed by atoms with van der Waals surface area (Å²) in [6.07, 6.45) is -0.725. The number of carbonyl (C=O) groups is 2. The van der Waals surface area contributed by atoms with E-state index in [1.807, 2.05) is 0 Å². The van der Waals surface area contributed by atoms with Crippen LogP contribution >= 0.6 is 0 Å². The first kappa shape index (κ1) is 40.3. The standard InChI is InChI=1S/C42H46F5N7O6/c1-40-15-25(43)18-53(20-40)36-30-17-48-34(33(46)35(30)49-37(50-36)59-23-42-8-4-10-54(42)19-26(44)16-42)29-14-27(60-39(56)52-11-9-41(47,21-52)22-57-2)13-24-6-7-31(45)28(32(24)29)5-3-12-58-38(55)51-40/h6-7,13-14,17,25-26H,3-5,8-12,15-16,18-23H2,1-2H3,(H,51,55)/t25-,26-,40-,41?,42+/m1/s1. The van der Waals surface area contributed by atoms with E-state index in [0.29, 0.717) is 18.4 Å². The fourth-order valence-corrected chi connectivity index (χ4v) is 9.97. The molecule has 4 fully saturated rings. The Morgan fingerprint density at radius 2 is 1.87 bits per heavy atom. The number of aryl methyl sites for hydroxylation is 1. The number of ether oxygens (including phenoxy) is 4. The highest BCUT2D eigenvalue weighted by Gasteiger charge is 2.50. The third-order valence-corrected chi connectivity index (χ3v) is 12.6. The van der Waals surface area contributed by atoms with Gasteiger partial charge in [-0.25, -0.2) is 31.5 Å². The molecule has 2 amide bonds. The number of fused-ring (bicyclic) bond motifs is 7. The van der Waals surface area contributed by atoms with Crippen LogP contribution in [0.1, 0.15) is 51.0 Å². The number of aromatic nitrogens is 3. The first-order valence-electron chi connectivity index (χ1n) is 20.4. The number of anilines is 1. The number of amides is 2. The molecule has 5 atom stereocenters. The molecule has 10 rings (SSSR count). The molecule has 2 aromatic heterocycles. The zero-order valence-corrected chi connectivity index (χ0v) is 33.4. The van der Waals surface area contributed by atoms with Crippen molar-refractivity contribution in [3.63, 3.8) is 0 Å². The number of hydrogen-bond acceptors (Lipinski definition) is 11. The minimum absolute atomic E-state index is 0.0292. The highest BCUT2D eigenvalue weighted by atomic mass is 19.2. The third-order valence-electron chi connectivity index (χ3n) is 12.6. The minimum atomic E-state index is -1.75. The molecule has 0 aliphatic carbocycles. The van der Waals surface area contributed by atoms with E-state index in [1.165, 1.54) is 42.5 Å². The second-order valence-corrected chi connectivity index (χ2v) is 17.2. The lowest BCUT2D eigenvalue weighted by molar-refractivity contribution is 0.0477. The quantitative estimate of drug-likeness (QED) is 0.211.